The minimum Gasteiger partial charge on any atom is -0.443 e. The molecule has 124 valence electrons. The zero-order valence-electron chi connectivity index (χ0n) is 14.0. The lowest BCUT2D eigenvalue weighted by atomic mass is 10.1. The molecule has 0 saturated carbocycles. The molecule has 0 unspecified atom stereocenters. The van der Waals surface area contributed by atoms with Crippen molar-refractivity contribution in [3.8, 4) is 0 Å². The molecule has 23 heavy (non-hydrogen) atoms. The first-order valence-electron chi connectivity index (χ1n) is 7.40. The quantitative estimate of drug-likeness (QED) is 0.777. The molecule has 1 heterocycles. The highest BCUT2D eigenvalue weighted by Gasteiger charge is 2.29. The van der Waals surface area contributed by atoms with Crippen LogP contribution in [0.3, 0.4) is 0 Å². The summed E-state index contributed by atoms with van der Waals surface area (Å²) in [6, 6.07) is 5.96. The van der Waals surface area contributed by atoms with Crippen molar-refractivity contribution >= 4 is 40.5 Å². The summed E-state index contributed by atoms with van der Waals surface area (Å²) in [4.78, 5) is 14.3. The fourth-order valence-electron chi connectivity index (χ4n) is 2.22. The first-order valence-corrected chi connectivity index (χ1v) is 8.62. The molecule has 0 aliphatic rings. The Morgan fingerprint density at radius 1 is 1.43 bits per heavy atom. The first kappa shape index (κ1) is 17.6. The van der Waals surface area contributed by atoms with Crippen molar-refractivity contribution in [2.45, 2.75) is 46.6 Å². The first-order chi connectivity index (χ1) is 10.7. The normalized spacial score (nSPS) is 11.3. The summed E-state index contributed by atoms with van der Waals surface area (Å²) in [6.45, 7) is 9.55. The van der Waals surface area contributed by atoms with Gasteiger partial charge in [0.15, 0.2) is 3.95 Å². The third-order valence-corrected chi connectivity index (χ3v) is 4.19. The van der Waals surface area contributed by atoms with Gasteiger partial charge in [-0.2, -0.15) is 0 Å². The maximum Gasteiger partial charge on any atom is 0.421 e. The van der Waals surface area contributed by atoms with Crippen LogP contribution in [-0.4, -0.2) is 21.9 Å². The van der Waals surface area contributed by atoms with E-state index < -0.39 is 11.7 Å². The van der Waals surface area contributed by atoms with E-state index in [2.05, 4.69) is 17.1 Å². The number of nitrogens with zero attached hydrogens (tertiary/aromatic N) is 2. The van der Waals surface area contributed by atoms with E-state index in [0.717, 1.165) is 23.2 Å². The van der Waals surface area contributed by atoms with Crippen LogP contribution in [-0.2, 0) is 11.2 Å². The Kier molecular flexibility index (Phi) is 5.21. The number of hydrogen-bond donors (Lipinski definition) is 1. The van der Waals surface area contributed by atoms with E-state index in [4.69, 9.17) is 17.0 Å². The Bertz CT molecular complexity index is 759. The van der Waals surface area contributed by atoms with Crippen molar-refractivity contribution in [1.82, 2.24) is 10.2 Å². The van der Waals surface area contributed by atoms with E-state index in [0.29, 0.717) is 9.09 Å². The van der Waals surface area contributed by atoms with E-state index in [1.54, 1.807) is 0 Å². The van der Waals surface area contributed by atoms with Crippen LogP contribution in [0.2, 0.25) is 0 Å². The lowest BCUT2D eigenvalue weighted by Gasteiger charge is -2.27. The number of benzene rings is 1. The predicted molar refractivity (Wildman–Crippen MR) is 96.2 cm³/mol. The van der Waals surface area contributed by atoms with Crippen molar-refractivity contribution in [2.24, 2.45) is 0 Å². The Balaban J connectivity index is 2.59. The number of rotatable bonds is 3. The van der Waals surface area contributed by atoms with Crippen LogP contribution >= 0.6 is 23.6 Å². The number of aryl methyl sites for hydroxylation is 2. The van der Waals surface area contributed by atoms with E-state index in [-0.39, 0.29) is 0 Å². The van der Waals surface area contributed by atoms with Crippen LogP contribution in [0.4, 0.5) is 15.6 Å². The topological polar surface area (TPSA) is 58.2 Å². The van der Waals surface area contributed by atoms with E-state index >= 15 is 0 Å². The SMILES string of the molecule is CCc1cccc(C)c1N(C(=O)OC(C)(C)C)c1n[nH]c(=S)s1. The van der Waals surface area contributed by atoms with Gasteiger partial charge < -0.3 is 4.74 Å². The van der Waals surface area contributed by atoms with Gasteiger partial charge in [-0.05, 0) is 57.5 Å². The van der Waals surface area contributed by atoms with Crippen LogP contribution in [0, 0.1) is 10.9 Å². The summed E-state index contributed by atoms with van der Waals surface area (Å²) in [5.41, 5.74) is 2.25. The molecule has 1 amide bonds. The molecule has 0 aliphatic carbocycles. The molecule has 7 heteroatoms. The molecule has 1 N–H and O–H groups in total. The number of carbonyl (C=O) groups is 1. The van der Waals surface area contributed by atoms with Crippen molar-refractivity contribution < 1.29 is 9.53 Å². The fraction of sp³-hybridized carbons (Fsp3) is 0.438. The van der Waals surface area contributed by atoms with Crippen LogP contribution in [0.15, 0.2) is 18.2 Å². The standard InChI is InChI=1S/C16H21N3O2S2/c1-6-11-9-7-8-10(2)12(11)19(13-17-18-14(22)23-13)15(20)21-16(3,4)5/h7-9H,6H2,1-5H3,(H,18,22). The molecule has 0 bridgehead atoms. The van der Waals surface area contributed by atoms with E-state index in [1.807, 2.05) is 45.9 Å². The number of H-pyrrole nitrogens is 1. The maximum atomic E-state index is 12.8. The maximum absolute atomic E-state index is 12.8. The second kappa shape index (κ2) is 6.80. The lowest BCUT2D eigenvalue weighted by molar-refractivity contribution is 0.0598. The monoisotopic (exact) mass is 351 g/mol. The lowest BCUT2D eigenvalue weighted by Crippen LogP contribution is -2.34. The number of amides is 1. The Labute approximate surface area is 145 Å². The van der Waals surface area contributed by atoms with Crippen molar-refractivity contribution in [1.29, 1.82) is 0 Å². The van der Waals surface area contributed by atoms with Gasteiger partial charge in [0.05, 0.1) is 5.69 Å². The van der Waals surface area contributed by atoms with Crippen molar-refractivity contribution in [3.05, 3.63) is 33.3 Å². The molecular formula is C16H21N3O2S2. The van der Waals surface area contributed by atoms with Crippen molar-refractivity contribution in [3.63, 3.8) is 0 Å². The molecule has 2 aromatic rings. The zero-order valence-corrected chi connectivity index (χ0v) is 15.6. The van der Waals surface area contributed by atoms with Gasteiger partial charge in [-0.25, -0.2) is 9.69 Å². The third kappa shape index (κ3) is 4.17. The Hall–Kier alpha value is -1.73. The zero-order chi connectivity index (χ0) is 17.2. The largest absolute Gasteiger partial charge is 0.443 e. The van der Waals surface area contributed by atoms with Gasteiger partial charge in [0.25, 0.3) is 0 Å². The number of aromatic nitrogens is 2. The van der Waals surface area contributed by atoms with Crippen LogP contribution in [0.25, 0.3) is 0 Å². The number of anilines is 2. The molecule has 0 atom stereocenters. The summed E-state index contributed by atoms with van der Waals surface area (Å²) in [6.07, 6.45) is 0.339. The average Bonchev–Trinajstić information content (AvgIpc) is 2.85. The number of nitrogens with one attached hydrogen (secondary N) is 1. The summed E-state index contributed by atoms with van der Waals surface area (Å²) in [7, 11) is 0. The average molecular weight is 351 g/mol. The second-order valence-corrected chi connectivity index (χ2v) is 7.79. The molecule has 0 spiro atoms. The molecule has 0 fully saturated rings. The number of hydrogen-bond acceptors (Lipinski definition) is 5. The van der Waals surface area contributed by atoms with Gasteiger partial charge in [-0.1, -0.05) is 36.5 Å². The highest BCUT2D eigenvalue weighted by molar-refractivity contribution is 7.73. The second-order valence-electron chi connectivity index (χ2n) is 6.15. The summed E-state index contributed by atoms with van der Waals surface area (Å²) in [5, 5.41) is 7.38. The summed E-state index contributed by atoms with van der Waals surface area (Å²) in [5.74, 6) is 0. The minimum absolute atomic E-state index is 0.459. The Morgan fingerprint density at radius 2 is 2.13 bits per heavy atom. The highest BCUT2D eigenvalue weighted by atomic mass is 32.1. The van der Waals surface area contributed by atoms with E-state index in [1.165, 1.54) is 16.2 Å². The summed E-state index contributed by atoms with van der Waals surface area (Å²) >= 11 is 6.36. The number of ether oxygens (including phenoxy) is 1. The molecule has 0 radical (unpaired) electrons. The molecule has 1 aromatic carbocycles. The summed E-state index contributed by atoms with van der Waals surface area (Å²) < 4.78 is 6.09. The molecular weight excluding hydrogens is 330 g/mol. The minimum atomic E-state index is -0.595. The van der Waals surface area contributed by atoms with Crippen LogP contribution in [0.1, 0.15) is 38.8 Å². The molecule has 2 rings (SSSR count). The van der Waals surface area contributed by atoms with E-state index in [9.17, 15) is 4.79 Å². The van der Waals surface area contributed by atoms with Gasteiger partial charge in [0.2, 0.25) is 5.13 Å². The number of carbonyl (C=O) groups excluding carboxylic acids is 1. The molecule has 1 aromatic heterocycles. The molecule has 0 saturated heterocycles. The van der Waals surface area contributed by atoms with Gasteiger partial charge in [0, 0.05) is 0 Å². The van der Waals surface area contributed by atoms with Gasteiger partial charge >= 0.3 is 6.09 Å². The fourth-order valence-corrected chi connectivity index (χ4v) is 3.09. The highest BCUT2D eigenvalue weighted by Crippen LogP contribution is 2.34. The Morgan fingerprint density at radius 3 is 2.65 bits per heavy atom. The number of para-hydroxylation sites is 1. The van der Waals surface area contributed by atoms with Gasteiger partial charge in [-0.3, -0.25) is 5.10 Å². The van der Waals surface area contributed by atoms with Crippen LogP contribution < -0.4 is 4.90 Å². The van der Waals surface area contributed by atoms with Crippen molar-refractivity contribution in [2.75, 3.05) is 4.90 Å². The molecule has 5 nitrogen and oxygen atoms in total. The van der Waals surface area contributed by atoms with Gasteiger partial charge in [-0.15, -0.1) is 5.10 Å². The predicted octanol–water partition coefficient (Wildman–Crippen LogP) is 5.14. The molecule has 0 aliphatic heterocycles. The van der Waals surface area contributed by atoms with Crippen LogP contribution in [0.5, 0.6) is 0 Å². The smallest absolute Gasteiger partial charge is 0.421 e. The van der Waals surface area contributed by atoms with Gasteiger partial charge in [0.1, 0.15) is 5.60 Å². The number of aromatic amines is 1. The third-order valence-electron chi connectivity index (χ3n) is 3.12.